The average molecular weight is 440 g/mol. The SMILES string of the molecule is Cn1c(=O)[nH]c(=O)c2c1nc(N/N=C/c1ccc(O)cc1)n2Cc1cccc2ccccc12. The van der Waals surface area contributed by atoms with E-state index in [4.69, 9.17) is 0 Å². The highest BCUT2D eigenvalue weighted by molar-refractivity contribution is 5.86. The lowest BCUT2D eigenvalue weighted by atomic mass is 10.0. The molecular formula is C24H20N6O3. The van der Waals surface area contributed by atoms with Gasteiger partial charge in [-0.05, 0) is 46.2 Å². The molecular weight excluding hydrogens is 420 g/mol. The van der Waals surface area contributed by atoms with Gasteiger partial charge in [-0.1, -0.05) is 42.5 Å². The zero-order chi connectivity index (χ0) is 22.9. The summed E-state index contributed by atoms with van der Waals surface area (Å²) in [6.07, 6.45) is 1.57. The number of H-pyrrole nitrogens is 1. The monoisotopic (exact) mass is 440 g/mol. The number of aromatic amines is 1. The summed E-state index contributed by atoms with van der Waals surface area (Å²) < 4.78 is 3.01. The molecule has 0 unspecified atom stereocenters. The number of phenols is 1. The number of nitrogens with one attached hydrogen (secondary N) is 2. The lowest BCUT2D eigenvalue weighted by Crippen LogP contribution is -2.29. The van der Waals surface area contributed by atoms with E-state index in [9.17, 15) is 14.7 Å². The quantitative estimate of drug-likeness (QED) is 0.287. The highest BCUT2D eigenvalue weighted by Crippen LogP contribution is 2.23. The maximum Gasteiger partial charge on any atom is 0.329 e. The number of phenolic OH excluding ortho intramolecular Hbond substituents is 1. The van der Waals surface area contributed by atoms with Gasteiger partial charge < -0.3 is 5.11 Å². The maximum atomic E-state index is 12.7. The van der Waals surface area contributed by atoms with Crippen LogP contribution < -0.4 is 16.7 Å². The Balaban J connectivity index is 1.62. The predicted octanol–water partition coefficient (Wildman–Crippen LogP) is 2.78. The smallest absolute Gasteiger partial charge is 0.329 e. The summed E-state index contributed by atoms with van der Waals surface area (Å²) in [5, 5.41) is 15.8. The van der Waals surface area contributed by atoms with Crippen molar-refractivity contribution in [3.05, 3.63) is 98.7 Å². The molecule has 0 saturated heterocycles. The Morgan fingerprint density at radius 1 is 1.06 bits per heavy atom. The molecule has 0 fully saturated rings. The van der Waals surface area contributed by atoms with Crippen molar-refractivity contribution in [2.75, 3.05) is 5.43 Å². The Kier molecular flexibility index (Phi) is 4.98. The van der Waals surface area contributed by atoms with E-state index in [2.05, 4.69) is 20.5 Å². The summed E-state index contributed by atoms with van der Waals surface area (Å²) >= 11 is 0. The van der Waals surface area contributed by atoms with E-state index in [1.165, 1.54) is 4.57 Å². The molecule has 2 heterocycles. The van der Waals surface area contributed by atoms with Crippen LogP contribution in [0.3, 0.4) is 0 Å². The summed E-state index contributed by atoms with van der Waals surface area (Å²) in [7, 11) is 1.55. The largest absolute Gasteiger partial charge is 0.508 e. The van der Waals surface area contributed by atoms with E-state index in [0.29, 0.717) is 12.5 Å². The third-order valence-electron chi connectivity index (χ3n) is 5.49. The lowest BCUT2D eigenvalue weighted by Gasteiger charge is -2.11. The topological polar surface area (TPSA) is 117 Å². The molecule has 2 aromatic heterocycles. The van der Waals surface area contributed by atoms with Crippen LogP contribution in [-0.2, 0) is 13.6 Å². The molecule has 9 heteroatoms. The van der Waals surface area contributed by atoms with Crippen molar-refractivity contribution in [3.63, 3.8) is 0 Å². The van der Waals surface area contributed by atoms with E-state index < -0.39 is 11.2 Å². The molecule has 0 aliphatic heterocycles. The van der Waals surface area contributed by atoms with Gasteiger partial charge in [0.1, 0.15) is 5.75 Å². The van der Waals surface area contributed by atoms with E-state index in [0.717, 1.165) is 21.9 Å². The van der Waals surface area contributed by atoms with Crippen LogP contribution in [0.25, 0.3) is 21.9 Å². The standard InChI is InChI=1S/C24H20N6O3/c1-29-21-20(22(32)27-24(29)33)30(14-17-7-4-6-16-5-2-3-8-19(16)17)23(26-21)28-25-13-15-9-11-18(31)12-10-15/h2-13,31H,14H2,1H3,(H,26,28)(H,27,32,33)/b25-13+. The van der Waals surface area contributed by atoms with Gasteiger partial charge >= 0.3 is 5.69 Å². The maximum absolute atomic E-state index is 12.7. The van der Waals surface area contributed by atoms with Crippen molar-refractivity contribution in [2.24, 2.45) is 12.1 Å². The van der Waals surface area contributed by atoms with Gasteiger partial charge in [-0.3, -0.25) is 18.9 Å². The number of benzene rings is 3. The second-order valence-electron chi connectivity index (χ2n) is 7.61. The Hall–Kier alpha value is -4.66. The van der Waals surface area contributed by atoms with Crippen molar-refractivity contribution in [1.29, 1.82) is 0 Å². The Morgan fingerprint density at radius 2 is 1.82 bits per heavy atom. The van der Waals surface area contributed by atoms with Crippen LogP contribution in [0.4, 0.5) is 5.95 Å². The number of anilines is 1. The van der Waals surface area contributed by atoms with Crippen LogP contribution in [0.15, 0.2) is 81.4 Å². The Morgan fingerprint density at radius 3 is 2.64 bits per heavy atom. The first kappa shape index (κ1) is 20.3. The fourth-order valence-electron chi connectivity index (χ4n) is 3.80. The number of rotatable bonds is 5. The average Bonchev–Trinajstić information content (AvgIpc) is 3.18. The minimum Gasteiger partial charge on any atom is -0.508 e. The molecule has 3 aromatic carbocycles. The van der Waals surface area contributed by atoms with E-state index in [1.54, 1.807) is 42.1 Å². The number of hydrogen-bond donors (Lipinski definition) is 3. The number of aromatic hydroxyl groups is 1. The first-order valence-electron chi connectivity index (χ1n) is 10.3. The number of hydrazone groups is 1. The molecule has 0 amide bonds. The molecule has 0 atom stereocenters. The zero-order valence-electron chi connectivity index (χ0n) is 17.7. The molecule has 33 heavy (non-hydrogen) atoms. The van der Waals surface area contributed by atoms with Crippen LogP contribution in [0.5, 0.6) is 5.75 Å². The highest BCUT2D eigenvalue weighted by atomic mass is 16.3. The fraction of sp³-hybridized carbons (Fsp3) is 0.0833. The minimum absolute atomic E-state index is 0.164. The molecule has 9 nitrogen and oxygen atoms in total. The summed E-state index contributed by atoms with van der Waals surface area (Å²) in [4.78, 5) is 31.7. The second kappa shape index (κ2) is 8.12. The van der Waals surface area contributed by atoms with Crippen LogP contribution >= 0.6 is 0 Å². The van der Waals surface area contributed by atoms with Crippen LogP contribution in [-0.4, -0.2) is 30.4 Å². The predicted molar refractivity (Wildman–Crippen MR) is 128 cm³/mol. The summed E-state index contributed by atoms with van der Waals surface area (Å²) in [5.41, 5.74) is 4.13. The third-order valence-corrected chi connectivity index (χ3v) is 5.49. The van der Waals surface area contributed by atoms with Gasteiger partial charge in [-0.25, -0.2) is 10.2 Å². The van der Waals surface area contributed by atoms with Gasteiger partial charge in [0.15, 0.2) is 11.2 Å². The van der Waals surface area contributed by atoms with Crippen LogP contribution in [0.2, 0.25) is 0 Å². The summed E-state index contributed by atoms with van der Waals surface area (Å²) in [6.45, 7) is 0.343. The van der Waals surface area contributed by atoms with Gasteiger partial charge in [0.05, 0.1) is 12.8 Å². The molecule has 164 valence electrons. The minimum atomic E-state index is -0.540. The van der Waals surface area contributed by atoms with E-state index >= 15 is 0 Å². The van der Waals surface area contributed by atoms with Crippen molar-refractivity contribution >= 4 is 34.1 Å². The molecule has 0 spiro atoms. The number of hydrogen-bond acceptors (Lipinski definition) is 6. The number of imidazole rings is 1. The Labute approximate surface area is 187 Å². The summed E-state index contributed by atoms with van der Waals surface area (Å²) in [6, 6.07) is 20.5. The van der Waals surface area contributed by atoms with Crippen molar-refractivity contribution < 1.29 is 5.11 Å². The van der Waals surface area contributed by atoms with Crippen LogP contribution in [0, 0.1) is 0 Å². The van der Waals surface area contributed by atoms with Gasteiger partial charge in [0.25, 0.3) is 5.56 Å². The van der Waals surface area contributed by atoms with Gasteiger partial charge in [-0.15, -0.1) is 0 Å². The fourth-order valence-corrected chi connectivity index (χ4v) is 3.80. The molecule has 3 N–H and O–H groups in total. The molecule has 0 aliphatic rings. The number of aromatic nitrogens is 4. The highest BCUT2D eigenvalue weighted by Gasteiger charge is 2.18. The second-order valence-corrected chi connectivity index (χ2v) is 7.61. The number of aryl methyl sites for hydroxylation is 1. The van der Waals surface area contributed by atoms with Gasteiger partial charge in [0.2, 0.25) is 5.95 Å². The van der Waals surface area contributed by atoms with E-state index in [1.807, 2.05) is 42.5 Å². The Bertz CT molecular complexity index is 1620. The third kappa shape index (κ3) is 3.76. The van der Waals surface area contributed by atoms with Crippen molar-refractivity contribution in [3.8, 4) is 5.75 Å². The van der Waals surface area contributed by atoms with Gasteiger partial charge in [0, 0.05) is 7.05 Å². The zero-order valence-corrected chi connectivity index (χ0v) is 17.7. The number of fused-ring (bicyclic) bond motifs is 2. The van der Waals surface area contributed by atoms with E-state index in [-0.39, 0.29) is 16.9 Å². The molecule has 5 aromatic rings. The molecule has 0 saturated carbocycles. The molecule has 0 bridgehead atoms. The van der Waals surface area contributed by atoms with Crippen LogP contribution in [0.1, 0.15) is 11.1 Å². The first-order chi connectivity index (χ1) is 16.0. The van der Waals surface area contributed by atoms with Crippen molar-refractivity contribution in [2.45, 2.75) is 6.54 Å². The number of nitrogens with zero attached hydrogens (tertiary/aromatic N) is 4. The van der Waals surface area contributed by atoms with Gasteiger partial charge in [-0.2, -0.15) is 10.1 Å². The lowest BCUT2D eigenvalue weighted by molar-refractivity contribution is 0.475. The summed E-state index contributed by atoms with van der Waals surface area (Å²) in [5.74, 6) is 0.483. The molecule has 0 aliphatic carbocycles. The normalized spacial score (nSPS) is 11.5. The van der Waals surface area contributed by atoms with Crippen molar-refractivity contribution in [1.82, 2.24) is 19.1 Å². The molecule has 0 radical (unpaired) electrons. The first-order valence-corrected chi connectivity index (χ1v) is 10.3. The molecule has 5 rings (SSSR count).